The van der Waals surface area contributed by atoms with E-state index in [0.29, 0.717) is 12.1 Å². The molecule has 0 aliphatic heterocycles. The van der Waals surface area contributed by atoms with Gasteiger partial charge in [-0.3, -0.25) is 4.79 Å². The Kier molecular flexibility index (Phi) is 4.22. The minimum absolute atomic E-state index is 0.0592. The van der Waals surface area contributed by atoms with Gasteiger partial charge in [-0.05, 0) is 43.7 Å². The maximum Gasteiger partial charge on any atom is 0.251 e. The first-order valence-electron chi connectivity index (χ1n) is 7.10. The van der Waals surface area contributed by atoms with Gasteiger partial charge in [0.2, 0.25) is 0 Å². The maximum atomic E-state index is 12.1. The summed E-state index contributed by atoms with van der Waals surface area (Å²) in [7, 11) is 3.96. The topological polar surface area (TPSA) is 61.0 Å². The Hall–Kier alpha value is -2.18. The average molecular weight is 314 g/mol. The summed E-state index contributed by atoms with van der Waals surface area (Å²) in [4.78, 5) is 23.1. The van der Waals surface area contributed by atoms with E-state index in [-0.39, 0.29) is 5.91 Å². The highest BCUT2D eigenvalue weighted by molar-refractivity contribution is 7.13. The Morgan fingerprint density at radius 1 is 1.36 bits per heavy atom. The van der Waals surface area contributed by atoms with Crippen molar-refractivity contribution in [1.29, 1.82) is 0 Å². The minimum atomic E-state index is -0.0592. The SMILES string of the molecule is CN(C)CCNC(=O)c1ccc2nc(-c3cccs3)[nH]c2c1. The molecule has 0 unspecified atom stereocenters. The van der Waals surface area contributed by atoms with Gasteiger partial charge >= 0.3 is 0 Å². The lowest BCUT2D eigenvalue weighted by Gasteiger charge is -2.10. The zero-order valence-electron chi connectivity index (χ0n) is 12.6. The molecule has 0 bridgehead atoms. The zero-order valence-corrected chi connectivity index (χ0v) is 13.4. The molecule has 0 saturated heterocycles. The van der Waals surface area contributed by atoms with Gasteiger partial charge in [0.25, 0.3) is 5.91 Å². The van der Waals surface area contributed by atoms with E-state index in [1.54, 1.807) is 11.3 Å². The van der Waals surface area contributed by atoms with E-state index in [1.165, 1.54) is 0 Å². The van der Waals surface area contributed by atoms with Crippen LogP contribution < -0.4 is 5.32 Å². The number of likely N-dealkylation sites (N-methyl/N-ethyl adjacent to an activating group) is 1. The molecule has 2 N–H and O–H groups in total. The number of thiophene rings is 1. The molecule has 0 aliphatic rings. The first kappa shape index (κ1) is 14.7. The number of fused-ring (bicyclic) bond motifs is 1. The highest BCUT2D eigenvalue weighted by Gasteiger charge is 2.10. The van der Waals surface area contributed by atoms with Crippen LogP contribution in [0.5, 0.6) is 0 Å². The number of H-pyrrole nitrogens is 1. The van der Waals surface area contributed by atoms with Crippen molar-refractivity contribution in [3.63, 3.8) is 0 Å². The van der Waals surface area contributed by atoms with Crippen LogP contribution in [0.15, 0.2) is 35.7 Å². The molecule has 3 aromatic rings. The maximum absolute atomic E-state index is 12.1. The summed E-state index contributed by atoms with van der Waals surface area (Å²) >= 11 is 1.64. The van der Waals surface area contributed by atoms with Crippen LogP contribution in [0.1, 0.15) is 10.4 Å². The zero-order chi connectivity index (χ0) is 15.5. The fourth-order valence-corrected chi connectivity index (χ4v) is 2.85. The molecule has 3 rings (SSSR count). The molecule has 0 fully saturated rings. The van der Waals surface area contributed by atoms with Crippen molar-refractivity contribution in [2.75, 3.05) is 27.2 Å². The molecular weight excluding hydrogens is 296 g/mol. The van der Waals surface area contributed by atoms with Crippen molar-refractivity contribution in [2.24, 2.45) is 0 Å². The van der Waals surface area contributed by atoms with Crippen LogP contribution in [0.25, 0.3) is 21.7 Å². The van der Waals surface area contributed by atoms with Crippen LogP contribution in [-0.2, 0) is 0 Å². The van der Waals surface area contributed by atoms with Crippen molar-refractivity contribution in [1.82, 2.24) is 20.2 Å². The first-order valence-corrected chi connectivity index (χ1v) is 7.98. The second kappa shape index (κ2) is 6.29. The van der Waals surface area contributed by atoms with E-state index in [1.807, 2.05) is 54.7 Å². The fourth-order valence-electron chi connectivity index (χ4n) is 2.18. The summed E-state index contributed by atoms with van der Waals surface area (Å²) < 4.78 is 0. The van der Waals surface area contributed by atoms with Crippen LogP contribution in [-0.4, -0.2) is 48.0 Å². The smallest absolute Gasteiger partial charge is 0.251 e. The van der Waals surface area contributed by atoms with E-state index in [2.05, 4.69) is 15.3 Å². The summed E-state index contributed by atoms with van der Waals surface area (Å²) in [5, 5.41) is 4.94. The van der Waals surface area contributed by atoms with Gasteiger partial charge in [-0.2, -0.15) is 0 Å². The molecule has 0 atom stereocenters. The number of nitrogens with one attached hydrogen (secondary N) is 2. The molecule has 0 radical (unpaired) electrons. The number of rotatable bonds is 5. The van der Waals surface area contributed by atoms with Gasteiger partial charge in [0.15, 0.2) is 0 Å². The van der Waals surface area contributed by atoms with Crippen molar-refractivity contribution in [3.8, 4) is 10.7 Å². The van der Waals surface area contributed by atoms with E-state index in [0.717, 1.165) is 28.3 Å². The quantitative estimate of drug-likeness (QED) is 0.761. The molecule has 1 amide bonds. The second-order valence-corrected chi connectivity index (χ2v) is 6.30. The van der Waals surface area contributed by atoms with Crippen molar-refractivity contribution < 1.29 is 4.79 Å². The molecule has 1 aromatic carbocycles. The molecule has 114 valence electrons. The summed E-state index contributed by atoms with van der Waals surface area (Å²) in [6.45, 7) is 1.45. The van der Waals surface area contributed by atoms with Crippen molar-refractivity contribution >= 4 is 28.3 Å². The Morgan fingerprint density at radius 2 is 2.23 bits per heavy atom. The van der Waals surface area contributed by atoms with Crippen LogP contribution >= 0.6 is 11.3 Å². The number of nitrogens with zero attached hydrogens (tertiary/aromatic N) is 2. The lowest BCUT2D eigenvalue weighted by Crippen LogP contribution is -2.31. The van der Waals surface area contributed by atoms with Gasteiger partial charge < -0.3 is 15.2 Å². The van der Waals surface area contributed by atoms with E-state index in [9.17, 15) is 4.79 Å². The summed E-state index contributed by atoms with van der Waals surface area (Å²) in [5.74, 6) is 0.784. The van der Waals surface area contributed by atoms with Gasteiger partial charge in [0.1, 0.15) is 5.82 Å². The molecular formula is C16H18N4OS. The first-order chi connectivity index (χ1) is 10.6. The number of aromatic amines is 1. The lowest BCUT2D eigenvalue weighted by molar-refractivity contribution is 0.0951. The molecule has 0 saturated carbocycles. The molecule has 22 heavy (non-hydrogen) atoms. The third kappa shape index (κ3) is 3.18. The number of hydrogen-bond donors (Lipinski definition) is 2. The fraction of sp³-hybridized carbons (Fsp3) is 0.250. The van der Waals surface area contributed by atoms with Crippen LogP contribution in [0.4, 0.5) is 0 Å². The number of aromatic nitrogens is 2. The van der Waals surface area contributed by atoms with Crippen molar-refractivity contribution in [3.05, 3.63) is 41.3 Å². The van der Waals surface area contributed by atoms with Crippen LogP contribution in [0.3, 0.4) is 0 Å². The van der Waals surface area contributed by atoms with Gasteiger partial charge in [0, 0.05) is 18.7 Å². The molecule has 5 nitrogen and oxygen atoms in total. The van der Waals surface area contributed by atoms with Gasteiger partial charge in [0.05, 0.1) is 15.9 Å². The van der Waals surface area contributed by atoms with Crippen LogP contribution in [0.2, 0.25) is 0 Å². The van der Waals surface area contributed by atoms with E-state index in [4.69, 9.17) is 0 Å². The summed E-state index contributed by atoms with van der Waals surface area (Å²) in [6.07, 6.45) is 0. The molecule has 2 aromatic heterocycles. The number of imidazole rings is 1. The molecule has 0 aliphatic carbocycles. The standard InChI is InChI=1S/C16H18N4OS/c1-20(2)8-7-17-16(21)11-5-6-12-13(10-11)19-15(18-12)14-4-3-9-22-14/h3-6,9-10H,7-8H2,1-2H3,(H,17,21)(H,18,19). The van der Waals surface area contributed by atoms with Gasteiger partial charge in [-0.1, -0.05) is 6.07 Å². The Balaban J connectivity index is 1.79. The highest BCUT2D eigenvalue weighted by Crippen LogP contribution is 2.24. The minimum Gasteiger partial charge on any atom is -0.351 e. The number of hydrogen-bond acceptors (Lipinski definition) is 4. The predicted octanol–water partition coefficient (Wildman–Crippen LogP) is 2.58. The lowest BCUT2D eigenvalue weighted by atomic mass is 10.2. The average Bonchev–Trinajstić information content (AvgIpc) is 3.14. The highest BCUT2D eigenvalue weighted by atomic mass is 32.1. The Morgan fingerprint density at radius 3 is 2.95 bits per heavy atom. The number of carbonyl (C=O) groups excluding carboxylic acids is 1. The van der Waals surface area contributed by atoms with Crippen molar-refractivity contribution in [2.45, 2.75) is 0 Å². The van der Waals surface area contributed by atoms with E-state index >= 15 is 0 Å². The molecule has 6 heteroatoms. The van der Waals surface area contributed by atoms with Gasteiger partial charge in [-0.25, -0.2) is 4.98 Å². The van der Waals surface area contributed by atoms with Gasteiger partial charge in [-0.15, -0.1) is 11.3 Å². The Labute approximate surface area is 133 Å². The Bertz CT molecular complexity index is 777. The third-order valence-electron chi connectivity index (χ3n) is 3.34. The second-order valence-electron chi connectivity index (χ2n) is 5.35. The third-order valence-corrected chi connectivity index (χ3v) is 4.22. The summed E-state index contributed by atoms with van der Waals surface area (Å²) in [6, 6.07) is 9.56. The normalized spacial score (nSPS) is 11.2. The monoisotopic (exact) mass is 314 g/mol. The number of amides is 1. The number of carbonyl (C=O) groups is 1. The predicted molar refractivity (Wildman–Crippen MR) is 90.3 cm³/mol. The van der Waals surface area contributed by atoms with Crippen LogP contribution in [0, 0.1) is 0 Å². The largest absolute Gasteiger partial charge is 0.351 e. The van der Waals surface area contributed by atoms with E-state index < -0.39 is 0 Å². The number of benzene rings is 1. The molecule has 0 spiro atoms. The summed E-state index contributed by atoms with van der Waals surface area (Å²) in [5.41, 5.74) is 2.39. The molecule has 2 heterocycles.